The van der Waals surface area contributed by atoms with Gasteiger partial charge in [0.2, 0.25) is 0 Å². The van der Waals surface area contributed by atoms with Crippen LogP contribution in [0.2, 0.25) is 5.02 Å². The first kappa shape index (κ1) is 9.44. The van der Waals surface area contributed by atoms with E-state index in [-0.39, 0.29) is 0 Å². The number of halogens is 3. The SMILES string of the molecule is OC1(c2cc(Br)c(Cl)cc2F)CC1. The molecule has 1 fully saturated rings. The molecule has 0 radical (unpaired) electrons. The van der Waals surface area contributed by atoms with Crippen LogP contribution in [0.1, 0.15) is 18.4 Å². The molecule has 1 aromatic rings. The highest BCUT2D eigenvalue weighted by Gasteiger charge is 2.44. The van der Waals surface area contributed by atoms with Crippen molar-refractivity contribution in [2.75, 3.05) is 0 Å². The van der Waals surface area contributed by atoms with E-state index in [1.807, 2.05) is 0 Å². The van der Waals surface area contributed by atoms with Crippen LogP contribution >= 0.6 is 27.5 Å². The van der Waals surface area contributed by atoms with Gasteiger partial charge in [-0.25, -0.2) is 4.39 Å². The second-order valence-electron chi connectivity index (χ2n) is 3.28. The summed E-state index contributed by atoms with van der Waals surface area (Å²) in [6, 6.07) is 2.77. The summed E-state index contributed by atoms with van der Waals surface area (Å²) in [7, 11) is 0. The molecule has 0 bridgehead atoms. The Labute approximate surface area is 88.7 Å². The average molecular weight is 266 g/mol. The molecule has 0 saturated heterocycles. The van der Waals surface area contributed by atoms with Gasteiger partial charge in [-0.1, -0.05) is 11.6 Å². The fraction of sp³-hybridized carbons (Fsp3) is 0.333. The van der Waals surface area contributed by atoms with Crippen LogP contribution in [0.25, 0.3) is 0 Å². The predicted octanol–water partition coefficient (Wildman–Crippen LogP) is 3.22. The third-order valence-electron chi connectivity index (χ3n) is 2.23. The van der Waals surface area contributed by atoms with Crippen molar-refractivity contribution in [3.63, 3.8) is 0 Å². The molecule has 0 amide bonds. The van der Waals surface area contributed by atoms with Crippen molar-refractivity contribution in [3.05, 3.63) is 33.0 Å². The van der Waals surface area contributed by atoms with Gasteiger partial charge in [0.1, 0.15) is 5.82 Å². The molecular weight excluding hydrogens is 258 g/mol. The van der Waals surface area contributed by atoms with Crippen molar-refractivity contribution in [1.82, 2.24) is 0 Å². The van der Waals surface area contributed by atoms with Crippen LogP contribution < -0.4 is 0 Å². The van der Waals surface area contributed by atoms with Gasteiger partial charge < -0.3 is 5.11 Å². The molecular formula is C9H7BrClFO. The molecule has 2 rings (SSSR count). The van der Waals surface area contributed by atoms with Crippen molar-refractivity contribution in [3.8, 4) is 0 Å². The molecule has 4 heteroatoms. The molecule has 0 atom stereocenters. The van der Waals surface area contributed by atoms with E-state index < -0.39 is 11.4 Å². The summed E-state index contributed by atoms with van der Waals surface area (Å²) in [5.41, 5.74) is -0.610. The largest absolute Gasteiger partial charge is 0.385 e. The molecule has 0 aromatic heterocycles. The van der Waals surface area contributed by atoms with Gasteiger partial charge in [0.05, 0.1) is 10.6 Å². The maximum absolute atomic E-state index is 13.3. The first-order valence-corrected chi connectivity index (χ1v) is 5.07. The smallest absolute Gasteiger partial charge is 0.130 e. The van der Waals surface area contributed by atoms with E-state index in [0.717, 1.165) is 0 Å². The maximum atomic E-state index is 13.3. The lowest BCUT2D eigenvalue weighted by Crippen LogP contribution is -2.07. The molecule has 0 spiro atoms. The molecule has 1 aliphatic rings. The molecule has 13 heavy (non-hydrogen) atoms. The normalized spacial score (nSPS) is 18.8. The average Bonchev–Trinajstić information content (AvgIpc) is 2.77. The summed E-state index contributed by atoms with van der Waals surface area (Å²) in [6.45, 7) is 0. The second kappa shape index (κ2) is 2.94. The van der Waals surface area contributed by atoms with E-state index in [9.17, 15) is 9.50 Å². The molecule has 0 unspecified atom stereocenters. The van der Waals surface area contributed by atoms with Crippen molar-refractivity contribution < 1.29 is 9.50 Å². The highest BCUT2D eigenvalue weighted by atomic mass is 79.9. The molecule has 1 aliphatic carbocycles. The third kappa shape index (κ3) is 1.60. The zero-order valence-electron chi connectivity index (χ0n) is 6.65. The Morgan fingerprint density at radius 1 is 1.46 bits per heavy atom. The van der Waals surface area contributed by atoms with Gasteiger partial charge in [0.15, 0.2) is 0 Å². The van der Waals surface area contributed by atoms with Crippen molar-refractivity contribution in [2.24, 2.45) is 0 Å². The zero-order chi connectivity index (χ0) is 9.64. The minimum atomic E-state index is -0.947. The second-order valence-corrected chi connectivity index (χ2v) is 4.54. The van der Waals surface area contributed by atoms with Crippen molar-refractivity contribution in [2.45, 2.75) is 18.4 Å². The van der Waals surface area contributed by atoms with E-state index in [2.05, 4.69) is 15.9 Å². The van der Waals surface area contributed by atoms with E-state index in [1.54, 1.807) is 6.07 Å². The van der Waals surface area contributed by atoms with Gasteiger partial charge in [-0.3, -0.25) is 0 Å². The monoisotopic (exact) mass is 264 g/mol. The van der Waals surface area contributed by atoms with Gasteiger partial charge in [-0.15, -0.1) is 0 Å². The fourth-order valence-electron chi connectivity index (χ4n) is 1.27. The van der Waals surface area contributed by atoms with E-state index in [0.29, 0.717) is 27.9 Å². The van der Waals surface area contributed by atoms with E-state index in [1.165, 1.54) is 6.07 Å². The summed E-state index contributed by atoms with van der Waals surface area (Å²) >= 11 is 8.88. The first-order chi connectivity index (χ1) is 6.03. The summed E-state index contributed by atoms with van der Waals surface area (Å²) in [6.07, 6.45) is 1.25. The zero-order valence-corrected chi connectivity index (χ0v) is 8.99. The lowest BCUT2D eigenvalue weighted by Gasteiger charge is -2.10. The van der Waals surface area contributed by atoms with Crippen molar-refractivity contribution >= 4 is 27.5 Å². The van der Waals surface area contributed by atoms with Crippen LogP contribution in [0, 0.1) is 5.82 Å². The van der Waals surface area contributed by atoms with Gasteiger partial charge in [0, 0.05) is 10.0 Å². The third-order valence-corrected chi connectivity index (χ3v) is 3.43. The van der Waals surface area contributed by atoms with Gasteiger partial charge >= 0.3 is 0 Å². The van der Waals surface area contributed by atoms with Crippen LogP contribution in [0.5, 0.6) is 0 Å². The summed E-state index contributed by atoms with van der Waals surface area (Å²) in [5, 5.41) is 10.0. The molecule has 1 saturated carbocycles. The summed E-state index contributed by atoms with van der Waals surface area (Å²) < 4.78 is 13.9. The standard InChI is InChI=1S/C9H7BrClFO/c10-6-3-5(9(13)1-2-9)8(12)4-7(6)11/h3-4,13H,1-2H2. The summed E-state index contributed by atoms with van der Waals surface area (Å²) in [4.78, 5) is 0. The number of hydrogen-bond donors (Lipinski definition) is 1. The minimum Gasteiger partial charge on any atom is -0.385 e. The quantitative estimate of drug-likeness (QED) is 0.773. The lowest BCUT2D eigenvalue weighted by atomic mass is 10.1. The Hall–Kier alpha value is -0.120. The van der Waals surface area contributed by atoms with Crippen LogP contribution in [0.15, 0.2) is 16.6 Å². The Bertz CT molecular complexity index is 363. The molecule has 0 aliphatic heterocycles. The van der Waals surface area contributed by atoms with Gasteiger partial charge in [0.25, 0.3) is 0 Å². The molecule has 0 heterocycles. The molecule has 1 aromatic carbocycles. The van der Waals surface area contributed by atoms with Crippen molar-refractivity contribution in [1.29, 1.82) is 0 Å². The Kier molecular flexibility index (Phi) is 2.13. The Balaban J connectivity index is 2.52. The molecule has 1 N–H and O–H groups in total. The van der Waals surface area contributed by atoms with Crippen LogP contribution in [0.4, 0.5) is 4.39 Å². The highest BCUT2D eigenvalue weighted by molar-refractivity contribution is 9.10. The minimum absolute atomic E-state index is 0.325. The number of rotatable bonds is 1. The maximum Gasteiger partial charge on any atom is 0.130 e. The Morgan fingerprint density at radius 2 is 2.08 bits per heavy atom. The van der Waals surface area contributed by atoms with Gasteiger partial charge in [-0.05, 0) is 40.9 Å². The topological polar surface area (TPSA) is 20.2 Å². The number of aliphatic hydroxyl groups is 1. The van der Waals surface area contributed by atoms with E-state index in [4.69, 9.17) is 11.6 Å². The summed E-state index contributed by atoms with van der Waals surface area (Å²) in [5.74, 6) is -0.437. The lowest BCUT2D eigenvalue weighted by molar-refractivity contribution is 0.146. The first-order valence-electron chi connectivity index (χ1n) is 3.90. The predicted molar refractivity (Wildman–Crippen MR) is 52.2 cm³/mol. The van der Waals surface area contributed by atoms with Crippen LogP contribution in [-0.4, -0.2) is 5.11 Å². The van der Waals surface area contributed by atoms with Crippen LogP contribution in [-0.2, 0) is 5.60 Å². The van der Waals surface area contributed by atoms with E-state index >= 15 is 0 Å². The molecule has 70 valence electrons. The number of hydrogen-bond acceptors (Lipinski definition) is 1. The fourth-order valence-corrected chi connectivity index (χ4v) is 1.76. The van der Waals surface area contributed by atoms with Crippen LogP contribution in [0.3, 0.4) is 0 Å². The Morgan fingerprint density at radius 3 is 2.62 bits per heavy atom. The number of benzene rings is 1. The molecule has 1 nitrogen and oxygen atoms in total. The highest BCUT2D eigenvalue weighted by Crippen LogP contribution is 2.47. The van der Waals surface area contributed by atoms with Gasteiger partial charge in [-0.2, -0.15) is 0 Å².